The third-order valence-electron chi connectivity index (χ3n) is 5.19. The molecule has 2 aromatic rings. The average Bonchev–Trinajstić information content (AvgIpc) is 2.79. The molecule has 0 saturated carbocycles. The monoisotopic (exact) mass is 503 g/mol. The first-order chi connectivity index (χ1) is 14.8. The molecule has 4 rings (SSSR count). The first-order valence-corrected chi connectivity index (χ1v) is 12.6. The SMILES string of the molecule is C[C@@H]1Oc2nc(Cl)c(Cl)c3nc(S(C)(=O)=O)nc(c23)N2CCN(C(=O)OC(C)(C)C)C[C@@H]12. The van der Waals surface area contributed by atoms with E-state index in [0.717, 1.165) is 6.26 Å². The summed E-state index contributed by atoms with van der Waals surface area (Å²) in [6.07, 6.45) is 0.149. The van der Waals surface area contributed by atoms with Crippen LogP contribution in [-0.2, 0) is 14.6 Å². The van der Waals surface area contributed by atoms with Crippen LogP contribution in [0, 0.1) is 0 Å². The average molecular weight is 504 g/mol. The van der Waals surface area contributed by atoms with Crippen LogP contribution >= 0.6 is 23.2 Å². The molecular formula is C19H23Cl2N5O5S. The van der Waals surface area contributed by atoms with E-state index in [1.807, 2.05) is 11.8 Å². The van der Waals surface area contributed by atoms with Gasteiger partial charge in [-0.05, 0) is 27.7 Å². The van der Waals surface area contributed by atoms with Crippen molar-refractivity contribution in [1.82, 2.24) is 19.9 Å². The Balaban J connectivity index is 1.84. The van der Waals surface area contributed by atoms with Crippen molar-refractivity contribution < 1.29 is 22.7 Å². The van der Waals surface area contributed by atoms with E-state index in [-0.39, 0.29) is 39.3 Å². The molecule has 174 valence electrons. The van der Waals surface area contributed by atoms with Gasteiger partial charge in [-0.1, -0.05) is 23.2 Å². The number of halogens is 2. The van der Waals surface area contributed by atoms with Crippen molar-refractivity contribution in [1.29, 1.82) is 0 Å². The fourth-order valence-electron chi connectivity index (χ4n) is 3.76. The van der Waals surface area contributed by atoms with Crippen molar-refractivity contribution in [3.8, 4) is 5.88 Å². The van der Waals surface area contributed by atoms with E-state index in [1.54, 1.807) is 25.7 Å². The number of carbonyl (C=O) groups excluding carboxylic acids is 1. The third-order valence-corrected chi connectivity index (χ3v) is 6.76. The second-order valence-electron chi connectivity index (χ2n) is 8.86. The minimum absolute atomic E-state index is 0.0149. The number of rotatable bonds is 1. The zero-order valence-electron chi connectivity index (χ0n) is 18.2. The van der Waals surface area contributed by atoms with Gasteiger partial charge in [0.25, 0.3) is 0 Å². The summed E-state index contributed by atoms with van der Waals surface area (Å²) in [5.74, 6) is 0.491. The number of pyridine rings is 1. The van der Waals surface area contributed by atoms with Gasteiger partial charge in [0, 0.05) is 25.9 Å². The minimum atomic E-state index is -3.75. The van der Waals surface area contributed by atoms with Crippen LogP contribution in [0.4, 0.5) is 10.6 Å². The maximum absolute atomic E-state index is 12.7. The smallest absolute Gasteiger partial charge is 0.410 e. The molecule has 4 heterocycles. The lowest BCUT2D eigenvalue weighted by molar-refractivity contribution is 0.0175. The Morgan fingerprint density at radius 1 is 1.19 bits per heavy atom. The number of nitrogens with zero attached hydrogens (tertiary/aromatic N) is 5. The quantitative estimate of drug-likeness (QED) is 0.427. The van der Waals surface area contributed by atoms with E-state index in [0.29, 0.717) is 24.3 Å². The molecule has 32 heavy (non-hydrogen) atoms. The maximum atomic E-state index is 12.7. The summed E-state index contributed by atoms with van der Waals surface area (Å²) in [6, 6.07) is -0.353. The highest BCUT2D eigenvalue weighted by molar-refractivity contribution is 7.90. The van der Waals surface area contributed by atoms with E-state index in [9.17, 15) is 13.2 Å². The van der Waals surface area contributed by atoms with Crippen LogP contribution in [0.3, 0.4) is 0 Å². The predicted octanol–water partition coefficient (Wildman–Crippen LogP) is 2.94. The van der Waals surface area contributed by atoms with Crippen molar-refractivity contribution in [2.24, 2.45) is 0 Å². The molecule has 2 aliphatic rings. The summed E-state index contributed by atoms with van der Waals surface area (Å²) in [5.41, 5.74) is -0.481. The van der Waals surface area contributed by atoms with Gasteiger partial charge in [-0.15, -0.1) is 0 Å². The molecule has 1 saturated heterocycles. The van der Waals surface area contributed by atoms with E-state index < -0.39 is 27.6 Å². The second-order valence-corrected chi connectivity index (χ2v) is 11.5. The molecule has 0 spiro atoms. The van der Waals surface area contributed by atoms with E-state index >= 15 is 0 Å². The highest BCUT2D eigenvalue weighted by atomic mass is 35.5. The second kappa shape index (κ2) is 7.74. The van der Waals surface area contributed by atoms with Gasteiger partial charge in [0.15, 0.2) is 5.15 Å². The first kappa shape index (κ1) is 23.1. The Morgan fingerprint density at radius 2 is 1.88 bits per heavy atom. The largest absolute Gasteiger partial charge is 0.472 e. The summed E-state index contributed by atoms with van der Waals surface area (Å²) in [7, 11) is -3.75. The zero-order valence-corrected chi connectivity index (χ0v) is 20.5. The normalized spacial score (nSPS) is 21.1. The summed E-state index contributed by atoms with van der Waals surface area (Å²) >= 11 is 12.5. The van der Waals surface area contributed by atoms with Gasteiger partial charge in [0.2, 0.25) is 20.9 Å². The molecule has 0 unspecified atom stereocenters. The number of anilines is 1. The molecule has 13 heteroatoms. The molecule has 0 N–H and O–H groups in total. The van der Waals surface area contributed by atoms with Crippen molar-refractivity contribution >= 4 is 55.9 Å². The highest BCUT2D eigenvalue weighted by Crippen LogP contribution is 2.42. The molecule has 10 nitrogen and oxygen atoms in total. The number of hydrogen-bond acceptors (Lipinski definition) is 9. The standard InChI is InChI=1S/C19H23Cl2N5O5S/c1-9-10-8-25(18(27)31-19(2,3)4)6-7-26(10)15-11-13(22-17(24-15)32(5,28)29)12(20)14(21)23-16(11)30-9/h9-10H,6-8H2,1-5H3/t9-,10-/m0/s1. The number of sulfone groups is 1. The van der Waals surface area contributed by atoms with Crippen LogP contribution in [0.1, 0.15) is 27.7 Å². The van der Waals surface area contributed by atoms with Crippen LogP contribution < -0.4 is 9.64 Å². The summed E-state index contributed by atoms with van der Waals surface area (Å²) in [4.78, 5) is 28.9. The minimum Gasteiger partial charge on any atom is -0.472 e. The number of hydrogen-bond donors (Lipinski definition) is 0. The van der Waals surface area contributed by atoms with Crippen molar-refractivity contribution in [2.45, 2.75) is 50.6 Å². The Kier molecular flexibility index (Phi) is 5.58. The predicted molar refractivity (Wildman–Crippen MR) is 119 cm³/mol. The number of ether oxygens (including phenoxy) is 2. The molecule has 2 aromatic heterocycles. The fraction of sp³-hybridized carbons (Fsp3) is 0.579. The van der Waals surface area contributed by atoms with Gasteiger partial charge in [0.1, 0.15) is 33.4 Å². The Morgan fingerprint density at radius 3 is 2.50 bits per heavy atom. The van der Waals surface area contributed by atoms with Gasteiger partial charge < -0.3 is 19.3 Å². The van der Waals surface area contributed by atoms with Crippen molar-refractivity contribution in [3.05, 3.63) is 10.2 Å². The van der Waals surface area contributed by atoms with Crippen molar-refractivity contribution in [2.75, 3.05) is 30.8 Å². The Hall–Kier alpha value is -2.11. The van der Waals surface area contributed by atoms with E-state index in [1.165, 1.54) is 0 Å². The van der Waals surface area contributed by atoms with Crippen molar-refractivity contribution in [3.63, 3.8) is 0 Å². The van der Waals surface area contributed by atoms with Gasteiger partial charge >= 0.3 is 6.09 Å². The lowest BCUT2D eigenvalue weighted by atomic mass is 10.1. The Bertz CT molecular complexity index is 1220. The number of carbonyl (C=O) groups is 1. The van der Waals surface area contributed by atoms with Gasteiger partial charge in [-0.25, -0.2) is 23.2 Å². The molecule has 1 amide bonds. The van der Waals surface area contributed by atoms with E-state index in [2.05, 4.69) is 15.0 Å². The fourth-order valence-corrected chi connectivity index (χ4v) is 4.61. The van der Waals surface area contributed by atoms with Gasteiger partial charge in [-0.3, -0.25) is 0 Å². The number of amides is 1. The van der Waals surface area contributed by atoms with Crippen LogP contribution in [-0.4, -0.2) is 78.0 Å². The zero-order chi connectivity index (χ0) is 23.6. The van der Waals surface area contributed by atoms with Crippen LogP contribution in [0.2, 0.25) is 10.2 Å². The molecule has 1 fully saturated rings. The third kappa shape index (κ3) is 4.13. The van der Waals surface area contributed by atoms with Crippen LogP contribution in [0.5, 0.6) is 5.88 Å². The van der Waals surface area contributed by atoms with E-state index in [4.69, 9.17) is 32.7 Å². The number of fused-ring (bicyclic) bond motifs is 2. The molecule has 0 radical (unpaired) electrons. The summed E-state index contributed by atoms with van der Waals surface area (Å²) < 4.78 is 36.2. The van der Waals surface area contributed by atoms with Crippen LogP contribution in [0.15, 0.2) is 5.16 Å². The van der Waals surface area contributed by atoms with Gasteiger partial charge in [-0.2, -0.15) is 4.98 Å². The van der Waals surface area contributed by atoms with Gasteiger partial charge in [0.05, 0.1) is 6.04 Å². The lowest BCUT2D eigenvalue weighted by Crippen LogP contribution is -2.59. The lowest BCUT2D eigenvalue weighted by Gasteiger charge is -2.43. The summed E-state index contributed by atoms with van der Waals surface area (Å²) in [6.45, 7) is 8.25. The number of aromatic nitrogens is 3. The molecule has 0 aliphatic carbocycles. The molecule has 2 aliphatic heterocycles. The molecule has 2 atom stereocenters. The highest BCUT2D eigenvalue weighted by Gasteiger charge is 2.41. The number of piperazine rings is 1. The Labute approximate surface area is 195 Å². The van der Waals surface area contributed by atoms with Crippen LogP contribution in [0.25, 0.3) is 10.9 Å². The molecular weight excluding hydrogens is 481 g/mol. The summed E-state index contributed by atoms with van der Waals surface area (Å²) in [5, 5.41) is -0.0355. The first-order valence-electron chi connectivity index (χ1n) is 9.94. The molecule has 0 aromatic carbocycles. The topological polar surface area (TPSA) is 115 Å². The molecule has 0 bridgehead atoms. The maximum Gasteiger partial charge on any atom is 0.410 e.